The van der Waals surface area contributed by atoms with E-state index in [1.165, 1.54) is 6.42 Å². The zero-order valence-electron chi connectivity index (χ0n) is 11.8. The van der Waals surface area contributed by atoms with Crippen molar-refractivity contribution in [3.63, 3.8) is 0 Å². The Morgan fingerprint density at radius 1 is 1.50 bits per heavy atom. The van der Waals surface area contributed by atoms with Gasteiger partial charge in [-0.3, -0.25) is 10.1 Å². The lowest BCUT2D eigenvalue weighted by molar-refractivity contribution is -0.385. The zero-order chi connectivity index (χ0) is 14.5. The van der Waals surface area contributed by atoms with Crippen LogP contribution < -0.4 is 10.1 Å². The summed E-state index contributed by atoms with van der Waals surface area (Å²) in [4.78, 5) is 11.0. The number of rotatable bonds is 6. The molecule has 5 nitrogen and oxygen atoms in total. The van der Waals surface area contributed by atoms with Crippen LogP contribution in [-0.4, -0.2) is 29.1 Å². The van der Waals surface area contributed by atoms with Crippen LogP contribution in [-0.2, 0) is 0 Å². The van der Waals surface area contributed by atoms with Gasteiger partial charge in [0.05, 0.1) is 11.5 Å². The molecule has 1 N–H and O–H groups in total. The molecule has 0 bridgehead atoms. The van der Waals surface area contributed by atoms with E-state index in [0.29, 0.717) is 29.3 Å². The van der Waals surface area contributed by atoms with E-state index in [9.17, 15) is 10.1 Å². The van der Waals surface area contributed by atoms with Gasteiger partial charge in [0, 0.05) is 11.3 Å². The fraction of sp³-hybridized carbons (Fsp3) is 0.571. The first-order valence-electron chi connectivity index (χ1n) is 6.87. The summed E-state index contributed by atoms with van der Waals surface area (Å²) in [6.07, 6.45) is 5.48. The monoisotopic (exact) mass is 296 g/mol. The topological polar surface area (TPSA) is 64.4 Å². The Bertz CT molecular complexity index is 481. The molecule has 0 aliphatic heterocycles. The molecule has 6 heteroatoms. The van der Waals surface area contributed by atoms with Crippen LogP contribution in [0.15, 0.2) is 18.2 Å². The highest BCUT2D eigenvalue weighted by atomic mass is 32.2. The summed E-state index contributed by atoms with van der Waals surface area (Å²) in [6, 6.07) is 5.49. The van der Waals surface area contributed by atoms with Crippen molar-refractivity contribution in [1.82, 2.24) is 0 Å². The number of para-hydroxylation sites is 1. The van der Waals surface area contributed by atoms with Crippen molar-refractivity contribution >= 4 is 23.1 Å². The fourth-order valence-corrected chi connectivity index (χ4v) is 3.61. The third-order valence-corrected chi connectivity index (χ3v) is 4.75. The molecule has 0 aromatic heterocycles. The van der Waals surface area contributed by atoms with E-state index in [1.54, 1.807) is 18.2 Å². The Morgan fingerprint density at radius 3 is 2.95 bits per heavy atom. The molecular formula is C14H20N2O3S. The number of thioether (sulfide) groups is 1. The maximum atomic E-state index is 11.3. The SMILES string of the molecule is CCOc1cccc(NC2CCCC2SC)c1[N+](=O)[O-]. The van der Waals surface area contributed by atoms with Crippen LogP contribution in [0.3, 0.4) is 0 Å². The second kappa shape index (κ2) is 6.83. The summed E-state index contributed by atoms with van der Waals surface area (Å²) in [5, 5.41) is 15.2. The minimum Gasteiger partial charge on any atom is -0.487 e. The standard InChI is InChI=1S/C14H20N2O3S/c1-3-19-12-8-4-7-11(14(12)16(17)18)15-10-6-5-9-13(10)20-2/h4,7-8,10,13,15H,3,5-6,9H2,1-2H3. The molecule has 0 radical (unpaired) electrons. The van der Waals surface area contributed by atoms with Gasteiger partial charge in [-0.15, -0.1) is 0 Å². The number of nitro groups is 1. The largest absolute Gasteiger partial charge is 0.487 e. The number of hydrogen-bond acceptors (Lipinski definition) is 5. The van der Waals surface area contributed by atoms with Crippen LogP contribution in [0.1, 0.15) is 26.2 Å². The van der Waals surface area contributed by atoms with Crippen molar-refractivity contribution in [3.8, 4) is 5.75 Å². The normalized spacial score (nSPS) is 21.7. The van der Waals surface area contributed by atoms with Gasteiger partial charge >= 0.3 is 5.69 Å². The number of anilines is 1. The van der Waals surface area contributed by atoms with Crippen LogP contribution in [0.2, 0.25) is 0 Å². The van der Waals surface area contributed by atoms with E-state index in [2.05, 4.69) is 11.6 Å². The molecule has 0 amide bonds. The molecule has 0 spiro atoms. The number of benzene rings is 1. The van der Waals surface area contributed by atoms with E-state index in [1.807, 2.05) is 18.7 Å². The summed E-state index contributed by atoms with van der Waals surface area (Å²) in [5.41, 5.74) is 0.605. The fourth-order valence-electron chi connectivity index (χ4n) is 2.67. The Kier molecular flexibility index (Phi) is 5.11. The third kappa shape index (κ3) is 3.17. The van der Waals surface area contributed by atoms with E-state index in [-0.39, 0.29) is 10.6 Å². The minimum absolute atomic E-state index is 0.0427. The lowest BCUT2D eigenvalue weighted by Gasteiger charge is -2.20. The molecule has 1 aromatic carbocycles. The summed E-state index contributed by atoms with van der Waals surface area (Å²) >= 11 is 1.82. The Hall–Kier alpha value is -1.43. The van der Waals surface area contributed by atoms with Crippen LogP contribution >= 0.6 is 11.8 Å². The van der Waals surface area contributed by atoms with Gasteiger partial charge in [0.1, 0.15) is 5.69 Å². The first-order valence-corrected chi connectivity index (χ1v) is 8.15. The number of hydrogen-bond donors (Lipinski definition) is 1. The predicted molar refractivity (Wildman–Crippen MR) is 82.8 cm³/mol. The Balaban J connectivity index is 2.26. The Morgan fingerprint density at radius 2 is 2.30 bits per heavy atom. The molecule has 20 heavy (non-hydrogen) atoms. The van der Waals surface area contributed by atoms with Gasteiger partial charge in [-0.1, -0.05) is 12.5 Å². The highest BCUT2D eigenvalue weighted by Crippen LogP contribution is 2.38. The summed E-state index contributed by atoms with van der Waals surface area (Å²) < 4.78 is 5.37. The van der Waals surface area contributed by atoms with Gasteiger partial charge in [0.2, 0.25) is 0 Å². The molecule has 2 unspecified atom stereocenters. The van der Waals surface area contributed by atoms with Gasteiger partial charge in [-0.25, -0.2) is 0 Å². The lowest BCUT2D eigenvalue weighted by atomic mass is 10.2. The average Bonchev–Trinajstić information content (AvgIpc) is 2.86. The highest BCUT2D eigenvalue weighted by molar-refractivity contribution is 7.99. The van der Waals surface area contributed by atoms with Gasteiger partial charge in [0.25, 0.3) is 0 Å². The Labute approximate surface area is 123 Å². The van der Waals surface area contributed by atoms with Crippen LogP contribution in [0.4, 0.5) is 11.4 Å². The van der Waals surface area contributed by atoms with Crippen molar-refractivity contribution in [1.29, 1.82) is 0 Å². The van der Waals surface area contributed by atoms with E-state index >= 15 is 0 Å². The first-order chi connectivity index (χ1) is 9.67. The average molecular weight is 296 g/mol. The third-order valence-electron chi connectivity index (χ3n) is 3.58. The summed E-state index contributed by atoms with van der Waals surface area (Å²) in [5.74, 6) is 0.334. The van der Waals surface area contributed by atoms with Crippen molar-refractivity contribution < 1.29 is 9.66 Å². The smallest absolute Gasteiger partial charge is 0.333 e. The van der Waals surface area contributed by atoms with Gasteiger partial charge < -0.3 is 10.1 Å². The maximum absolute atomic E-state index is 11.3. The number of nitro benzene ring substituents is 1. The van der Waals surface area contributed by atoms with Gasteiger partial charge in [0.15, 0.2) is 5.75 Å². The molecule has 2 rings (SSSR count). The number of ether oxygens (including phenoxy) is 1. The molecule has 110 valence electrons. The van der Waals surface area contributed by atoms with Crippen molar-refractivity contribution in [2.45, 2.75) is 37.5 Å². The first kappa shape index (κ1) is 15.0. The second-order valence-corrected chi connectivity index (χ2v) is 5.88. The molecule has 0 saturated heterocycles. The van der Waals surface area contributed by atoms with Crippen molar-refractivity contribution in [2.24, 2.45) is 0 Å². The van der Waals surface area contributed by atoms with Crippen LogP contribution in [0.5, 0.6) is 5.75 Å². The van der Waals surface area contributed by atoms with Crippen molar-refractivity contribution in [2.75, 3.05) is 18.2 Å². The quantitative estimate of drug-likeness (QED) is 0.640. The van der Waals surface area contributed by atoms with Gasteiger partial charge in [-0.05, 0) is 38.2 Å². The van der Waals surface area contributed by atoms with Crippen LogP contribution in [0.25, 0.3) is 0 Å². The predicted octanol–water partition coefficient (Wildman–Crippen LogP) is 3.69. The molecule has 1 saturated carbocycles. The number of nitrogens with one attached hydrogen (secondary N) is 1. The summed E-state index contributed by atoms with van der Waals surface area (Å²) in [7, 11) is 0. The minimum atomic E-state index is -0.365. The summed E-state index contributed by atoms with van der Waals surface area (Å²) in [6.45, 7) is 2.24. The molecule has 1 aliphatic rings. The maximum Gasteiger partial charge on any atom is 0.333 e. The van der Waals surface area contributed by atoms with Crippen LogP contribution in [0, 0.1) is 10.1 Å². The molecule has 1 aromatic rings. The van der Waals surface area contributed by atoms with Crippen molar-refractivity contribution in [3.05, 3.63) is 28.3 Å². The van der Waals surface area contributed by atoms with E-state index in [4.69, 9.17) is 4.74 Å². The van der Waals surface area contributed by atoms with Gasteiger partial charge in [-0.2, -0.15) is 11.8 Å². The van der Waals surface area contributed by atoms with E-state index < -0.39 is 0 Å². The molecule has 2 atom stereocenters. The number of nitrogens with zero attached hydrogens (tertiary/aromatic N) is 1. The lowest BCUT2D eigenvalue weighted by Crippen LogP contribution is -2.26. The molecule has 1 aliphatic carbocycles. The molecular weight excluding hydrogens is 276 g/mol. The zero-order valence-corrected chi connectivity index (χ0v) is 12.6. The highest BCUT2D eigenvalue weighted by Gasteiger charge is 2.29. The molecule has 0 heterocycles. The molecule has 1 fully saturated rings. The second-order valence-electron chi connectivity index (χ2n) is 4.80. The van der Waals surface area contributed by atoms with E-state index in [0.717, 1.165) is 12.8 Å².